The van der Waals surface area contributed by atoms with Crippen molar-refractivity contribution in [2.75, 3.05) is 19.8 Å². The lowest BCUT2D eigenvalue weighted by Crippen LogP contribution is -2.39. The molecule has 0 aromatic heterocycles. The minimum Gasteiger partial charge on any atom is -0.465 e. The van der Waals surface area contributed by atoms with E-state index in [1.165, 1.54) is 302 Å². The van der Waals surface area contributed by atoms with Crippen LogP contribution in [-0.4, -0.2) is 37.7 Å². The summed E-state index contributed by atoms with van der Waals surface area (Å²) in [5, 5.41) is 0. The van der Waals surface area contributed by atoms with Crippen LogP contribution in [0.1, 0.15) is 413 Å². The first-order valence-corrected chi connectivity index (χ1v) is 35.8. The zero-order valence-corrected chi connectivity index (χ0v) is 53.9. The van der Waals surface area contributed by atoms with Gasteiger partial charge in [0.05, 0.1) is 11.3 Å². The van der Waals surface area contributed by atoms with E-state index < -0.39 is 5.41 Å². The topological polar surface area (TPSA) is 78.9 Å². The molecule has 0 N–H and O–H groups in total. The predicted molar refractivity (Wildman–Crippen MR) is 340 cm³/mol. The van der Waals surface area contributed by atoms with Gasteiger partial charge >= 0.3 is 17.9 Å². The zero-order valence-electron chi connectivity index (χ0n) is 53.9. The Morgan fingerprint density at radius 2 is 0.462 bits per heavy atom. The van der Waals surface area contributed by atoms with Gasteiger partial charge in [-0.15, -0.1) is 0 Å². The Hall–Kier alpha value is -1.59. The van der Waals surface area contributed by atoms with Gasteiger partial charge in [-0.1, -0.05) is 375 Å². The van der Waals surface area contributed by atoms with Gasteiger partial charge in [0.2, 0.25) is 0 Å². The van der Waals surface area contributed by atoms with Crippen molar-refractivity contribution in [2.24, 2.45) is 11.3 Å². The lowest BCUT2D eigenvalue weighted by Gasteiger charge is -2.31. The van der Waals surface area contributed by atoms with Crippen LogP contribution in [0, 0.1) is 11.3 Å². The summed E-state index contributed by atoms with van der Waals surface area (Å²) in [6.07, 6.45) is 75.2. The maximum absolute atomic E-state index is 13.3. The molecule has 0 heterocycles. The number of ether oxygens (including phenoxy) is 3. The second-order valence-corrected chi connectivity index (χ2v) is 25.4. The van der Waals surface area contributed by atoms with Crippen LogP contribution in [0.15, 0.2) is 0 Å². The maximum Gasteiger partial charge on any atom is 0.308 e. The molecule has 0 bridgehead atoms. The summed E-state index contributed by atoms with van der Waals surface area (Å²) in [7, 11) is 0. The van der Waals surface area contributed by atoms with E-state index >= 15 is 0 Å². The van der Waals surface area contributed by atoms with Gasteiger partial charge in [-0.3, -0.25) is 14.4 Å². The van der Waals surface area contributed by atoms with Crippen molar-refractivity contribution >= 4 is 17.9 Å². The van der Waals surface area contributed by atoms with Gasteiger partial charge < -0.3 is 14.2 Å². The maximum atomic E-state index is 13.3. The van der Waals surface area contributed by atoms with Gasteiger partial charge in [0, 0.05) is 12.8 Å². The van der Waals surface area contributed by atoms with Gasteiger partial charge in [-0.05, 0) is 25.7 Å². The van der Waals surface area contributed by atoms with Crippen LogP contribution in [0.2, 0.25) is 0 Å². The largest absolute Gasteiger partial charge is 0.465 e. The fourth-order valence-corrected chi connectivity index (χ4v) is 11.4. The van der Waals surface area contributed by atoms with E-state index in [9.17, 15) is 14.4 Å². The van der Waals surface area contributed by atoms with Crippen LogP contribution in [0.25, 0.3) is 0 Å². The Kier molecular flexibility index (Phi) is 61.7. The van der Waals surface area contributed by atoms with Crippen molar-refractivity contribution in [1.82, 2.24) is 0 Å². The summed E-state index contributed by atoms with van der Waals surface area (Å²) in [5.41, 5.74) is -0.754. The van der Waals surface area contributed by atoms with Gasteiger partial charge in [-0.2, -0.15) is 0 Å². The molecule has 0 aliphatic carbocycles. The van der Waals surface area contributed by atoms with E-state index in [0.717, 1.165) is 57.8 Å². The number of rotatable bonds is 66. The summed E-state index contributed by atoms with van der Waals surface area (Å²) >= 11 is 0. The number of hydrogen-bond acceptors (Lipinski definition) is 6. The molecule has 0 saturated heterocycles. The third-order valence-electron chi connectivity index (χ3n) is 17.5. The highest BCUT2D eigenvalue weighted by Crippen LogP contribution is 2.27. The van der Waals surface area contributed by atoms with E-state index in [0.29, 0.717) is 19.3 Å². The van der Waals surface area contributed by atoms with Crippen LogP contribution in [0.3, 0.4) is 0 Å². The van der Waals surface area contributed by atoms with Gasteiger partial charge in [0.1, 0.15) is 19.8 Å². The molecular weight excluding hydrogens is 961 g/mol. The molecule has 1 atom stereocenters. The highest BCUT2D eigenvalue weighted by molar-refractivity contribution is 5.72. The molecule has 6 heteroatoms. The summed E-state index contributed by atoms with van der Waals surface area (Å²) in [6, 6.07) is 0. The highest BCUT2D eigenvalue weighted by Gasteiger charge is 2.35. The molecule has 0 saturated carbocycles. The van der Waals surface area contributed by atoms with Crippen molar-refractivity contribution in [3.63, 3.8) is 0 Å². The minimum atomic E-state index is -0.754. The Morgan fingerprint density at radius 1 is 0.269 bits per heavy atom. The number of hydrogen-bond donors (Lipinski definition) is 0. The number of carbonyl (C=O) groups excluding carboxylic acids is 3. The van der Waals surface area contributed by atoms with Crippen molar-refractivity contribution in [3.05, 3.63) is 0 Å². The van der Waals surface area contributed by atoms with Crippen molar-refractivity contribution in [1.29, 1.82) is 0 Å². The third-order valence-corrected chi connectivity index (χ3v) is 17.5. The second-order valence-electron chi connectivity index (χ2n) is 25.4. The van der Waals surface area contributed by atoms with Crippen molar-refractivity contribution in [3.8, 4) is 0 Å². The fraction of sp³-hybridized carbons (Fsp3) is 0.958. The molecule has 464 valence electrons. The average molecular weight is 1100 g/mol. The molecule has 78 heavy (non-hydrogen) atoms. The van der Waals surface area contributed by atoms with Crippen LogP contribution < -0.4 is 0 Å². The smallest absolute Gasteiger partial charge is 0.308 e. The second kappa shape index (κ2) is 63.0. The molecule has 0 rings (SSSR count). The predicted octanol–water partition coefficient (Wildman–Crippen LogP) is 24.3. The van der Waals surface area contributed by atoms with Gasteiger partial charge in [0.25, 0.3) is 0 Å². The van der Waals surface area contributed by atoms with Crippen LogP contribution >= 0.6 is 0 Å². The molecule has 0 aliphatic heterocycles. The molecule has 0 aromatic rings. The van der Waals surface area contributed by atoms with Gasteiger partial charge in [0.15, 0.2) is 0 Å². The molecule has 0 radical (unpaired) electrons. The number of esters is 3. The Morgan fingerprint density at radius 3 is 0.679 bits per heavy atom. The van der Waals surface area contributed by atoms with E-state index in [4.69, 9.17) is 14.2 Å². The number of carbonyl (C=O) groups is 3. The average Bonchev–Trinajstić information content (AvgIpc) is 3.45. The zero-order chi connectivity index (χ0) is 56.8. The van der Waals surface area contributed by atoms with E-state index in [1.54, 1.807) is 0 Å². The fourth-order valence-electron chi connectivity index (χ4n) is 11.4. The molecule has 0 fully saturated rings. The first-order valence-electron chi connectivity index (χ1n) is 35.8. The van der Waals surface area contributed by atoms with E-state index in [2.05, 4.69) is 20.8 Å². The SMILES string of the molecule is CCCCCCCCCCCCCCCCCCCCCC(=O)OCC(CC)(COC(=O)CCCCCCCCCCCCCCCCCCCCC)COC(=O)C(C)CCCCCCCCCCCCCCCCCCC. The van der Waals surface area contributed by atoms with E-state index in [1.807, 2.05) is 13.8 Å². The van der Waals surface area contributed by atoms with Crippen molar-refractivity contribution < 1.29 is 28.6 Å². The molecular formula is C72H140O6. The Balaban J connectivity index is 4.56. The molecule has 0 aromatic carbocycles. The number of unbranched alkanes of at least 4 members (excludes halogenated alkanes) is 52. The van der Waals surface area contributed by atoms with Crippen molar-refractivity contribution in [2.45, 2.75) is 413 Å². The molecule has 0 aliphatic rings. The van der Waals surface area contributed by atoms with E-state index in [-0.39, 0.29) is 43.6 Å². The van der Waals surface area contributed by atoms with Gasteiger partial charge in [-0.25, -0.2) is 0 Å². The Bertz CT molecular complexity index is 1160. The van der Waals surface area contributed by atoms with Crippen LogP contribution in [0.5, 0.6) is 0 Å². The lowest BCUT2D eigenvalue weighted by molar-refractivity contribution is -0.164. The summed E-state index contributed by atoms with van der Waals surface area (Å²) in [5.74, 6) is -0.813. The third kappa shape index (κ3) is 56.3. The normalized spacial score (nSPS) is 12.1. The van der Waals surface area contributed by atoms with Crippen LogP contribution in [-0.2, 0) is 28.6 Å². The summed E-state index contributed by atoms with van der Waals surface area (Å²) in [4.78, 5) is 39.5. The molecule has 1 unspecified atom stereocenters. The first kappa shape index (κ1) is 76.4. The molecule has 6 nitrogen and oxygen atoms in total. The standard InChI is InChI=1S/C72H140O6/c1-6-10-13-16-19-22-25-28-31-34-36-39-42-45-48-51-54-57-60-63-69(73)76-65-72(9-4,66-77-70(74)64-61-58-55-52-49-46-43-40-37-35-32-29-26-23-20-17-14-11-7-2)67-78-71(75)68(5)62-59-56-53-50-47-44-41-38-33-30-27-24-21-18-15-12-8-3/h68H,6-67H2,1-5H3. The molecule has 0 spiro atoms. The molecule has 0 amide bonds. The first-order chi connectivity index (χ1) is 38.3. The quantitative estimate of drug-likeness (QED) is 0.0343. The summed E-state index contributed by atoms with van der Waals surface area (Å²) in [6.45, 7) is 11.1. The lowest BCUT2D eigenvalue weighted by atomic mass is 9.87. The minimum absolute atomic E-state index is 0.0881. The monoisotopic (exact) mass is 1100 g/mol. The highest BCUT2D eigenvalue weighted by atomic mass is 16.6. The Labute approximate surface area is 488 Å². The van der Waals surface area contributed by atoms with Crippen LogP contribution in [0.4, 0.5) is 0 Å². The summed E-state index contributed by atoms with van der Waals surface area (Å²) < 4.78 is 17.8.